The van der Waals surface area contributed by atoms with Crippen molar-refractivity contribution in [1.29, 1.82) is 0 Å². The largest absolute Gasteiger partial charge is 0.503 e. The average Bonchev–Trinajstić information content (AvgIpc) is 3.13. The molecule has 1 saturated heterocycles. The molecule has 112 valence electrons. The molecular weight excluding hydrogens is 268 g/mol. The maximum atomic E-state index is 11.9. The fraction of sp³-hybridized carbons (Fsp3) is 0.438. The van der Waals surface area contributed by atoms with E-state index in [1.807, 2.05) is 23.6 Å². The highest BCUT2D eigenvalue weighted by molar-refractivity contribution is 5.30. The van der Waals surface area contributed by atoms with Gasteiger partial charge in [-0.25, -0.2) is 0 Å². The van der Waals surface area contributed by atoms with Gasteiger partial charge in [0.1, 0.15) is 5.76 Å². The van der Waals surface area contributed by atoms with E-state index < -0.39 is 0 Å². The van der Waals surface area contributed by atoms with Crippen LogP contribution in [-0.4, -0.2) is 27.7 Å². The number of likely N-dealkylation sites (tertiary alicyclic amines) is 1. The van der Waals surface area contributed by atoms with Crippen LogP contribution in [0.1, 0.15) is 30.0 Å². The van der Waals surface area contributed by atoms with E-state index in [1.165, 1.54) is 18.9 Å². The quantitative estimate of drug-likeness (QED) is 0.936. The van der Waals surface area contributed by atoms with Crippen molar-refractivity contribution < 1.29 is 9.52 Å². The molecule has 1 N–H and O–H groups in total. The Morgan fingerprint density at radius 3 is 2.71 bits per heavy atom. The molecule has 1 aliphatic heterocycles. The Hall–Kier alpha value is -2.01. The minimum Gasteiger partial charge on any atom is -0.503 e. The van der Waals surface area contributed by atoms with Crippen molar-refractivity contribution in [3.05, 3.63) is 51.8 Å². The second-order valence-corrected chi connectivity index (χ2v) is 5.59. The zero-order valence-electron chi connectivity index (χ0n) is 12.2. The summed E-state index contributed by atoms with van der Waals surface area (Å²) in [5.74, 6) is 0.669. The van der Waals surface area contributed by atoms with Crippen LogP contribution in [0.15, 0.2) is 33.7 Å². The fourth-order valence-electron chi connectivity index (χ4n) is 2.91. The molecular formula is C16H20N2O3. The van der Waals surface area contributed by atoms with Crippen molar-refractivity contribution in [2.45, 2.75) is 32.9 Å². The zero-order valence-corrected chi connectivity index (χ0v) is 12.2. The molecule has 0 radical (unpaired) electrons. The lowest BCUT2D eigenvalue weighted by Gasteiger charge is -2.21. The predicted octanol–water partition coefficient (Wildman–Crippen LogP) is 2.10. The Morgan fingerprint density at radius 1 is 1.29 bits per heavy atom. The standard InChI is InChI=1S/C16H20N2O3/c1-12-9-15(19)16(20)14(11-17-6-2-3-7-17)18(12)10-13-5-4-8-21-13/h4-5,8-9,20H,2-3,6-7,10-11H2,1H3. The van der Waals surface area contributed by atoms with Gasteiger partial charge in [-0.15, -0.1) is 0 Å². The van der Waals surface area contributed by atoms with Crippen LogP contribution in [0, 0.1) is 6.92 Å². The molecule has 3 rings (SSSR count). The monoisotopic (exact) mass is 288 g/mol. The van der Waals surface area contributed by atoms with Crippen LogP contribution in [0.25, 0.3) is 0 Å². The van der Waals surface area contributed by atoms with E-state index in [0.29, 0.717) is 18.8 Å². The average molecular weight is 288 g/mol. The van der Waals surface area contributed by atoms with Gasteiger partial charge < -0.3 is 14.1 Å². The smallest absolute Gasteiger partial charge is 0.223 e. The maximum Gasteiger partial charge on any atom is 0.223 e. The number of pyridine rings is 1. The van der Waals surface area contributed by atoms with Crippen molar-refractivity contribution in [2.75, 3.05) is 13.1 Å². The van der Waals surface area contributed by atoms with Gasteiger partial charge >= 0.3 is 0 Å². The Bertz CT molecular complexity index is 668. The highest BCUT2D eigenvalue weighted by Crippen LogP contribution is 2.21. The van der Waals surface area contributed by atoms with Gasteiger partial charge in [0.2, 0.25) is 5.43 Å². The summed E-state index contributed by atoms with van der Waals surface area (Å²) in [5.41, 5.74) is 1.21. The van der Waals surface area contributed by atoms with E-state index in [4.69, 9.17) is 4.42 Å². The third-order valence-electron chi connectivity index (χ3n) is 4.06. The number of aromatic hydroxyl groups is 1. The maximum absolute atomic E-state index is 11.9. The van der Waals surface area contributed by atoms with Gasteiger partial charge in [-0.3, -0.25) is 9.69 Å². The van der Waals surface area contributed by atoms with Crippen LogP contribution in [0.4, 0.5) is 0 Å². The van der Waals surface area contributed by atoms with Gasteiger partial charge in [0.05, 0.1) is 18.5 Å². The van der Waals surface area contributed by atoms with Crippen molar-refractivity contribution in [1.82, 2.24) is 9.47 Å². The predicted molar refractivity (Wildman–Crippen MR) is 79.4 cm³/mol. The van der Waals surface area contributed by atoms with Gasteiger partial charge in [0, 0.05) is 18.3 Å². The van der Waals surface area contributed by atoms with E-state index in [0.717, 1.165) is 24.5 Å². The number of hydrogen-bond acceptors (Lipinski definition) is 4. The van der Waals surface area contributed by atoms with Crippen molar-refractivity contribution in [2.24, 2.45) is 0 Å². The zero-order chi connectivity index (χ0) is 14.8. The molecule has 0 unspecified atom stereocenters. The first-order valence-corrected chi connectivity index (χ1v) is 7.32. The molecule has 0 bridgehead atoms. The van der Waals surface area contributed by atoms with E-state index in [-0.39, 0.29) is 11.2 Å². The Kier molecular flexibility index (Phi) is 3.84. The molecule has 0 saturated carbocycles. The van der Waals surface area contributed by atoms with Gasteiger partial charge in [0.15, 0.2) is 5.75 Å². The van der Waals surface area contributed by atoms with E-state index in [1.54, 1.807) is 6.26 Å². The molecule has 2 aromatic heterocycles. The van der Waals surface area contributed by atoms with Gasteiger partial charge in [-0.05, 0) is 45.0 Å². The summed E-state index contributed by atoms with van der Waals surface area (Å²) in [6.45, 7) is 5.04. The molecule has 0 aliphatic carbocycles. The molecule has 0 spiro atoms. The highest BCUT2D eigenvalue weighted by Gasteiger charge is 2.19. The molecule has 5 heteroatoms. The van der Waals surface area contributed by atoms with Crippen LogP contribution in [0.2, 0.25) is 0 Å². The van der Waals surface area contributed by atoms with E-state index in [9.17, 15) is 9.90 Å². The van der Waals surface area contributed by atoms with Crippen LogP contribution in [-0.2, 0) is 13.1 Å². The third-order valence-corrected chi connectivity index (χ3v) is 4.06. The molecule has 5 nitrogen and oxygen atoms in total. The summed E-state index contributed by atoms with van der Waals surface area (Å²) >= 11 is 0. The summed E-state index contributed by atoms with van der Waals surface area (Å²) < 4.78 is 7.36. The number of hydrogen-bond donors (Lipinski definition) is 1. The summed E-state index contributed by atoms with van der Waals surface area (Å²) in [6.07, 6.45) is 3.98. The van der Waals surface area contributed by atoms with Gasteiger partial charge in [0.25, 0.3) is 0 Å². The Morgan fingerprint density at radius 2 is 2.05 bits per heavy atom. The summed E-state index contributed by atoms with van der Waals surface area (Å²) in [6, 6.07) is 5.22. The van der Waals surface area contributed by atoms with Crippen molar-refractivity contribution >= 4 is 0 Å². The molecule has 2 aromatic rings. The SMILES string of the molecule is Cc1cc(=O)c(O)c(CN2CCCC2)n1Cc1ccco1. The van der Waals surface area contributed by atoms with E-state index in [2.05, 4.69) is 4.90 Å². The number of aromatic nitrogens is 1. The third kappa shape index (κ3) is 2.88. The second-order valence-electron chi connectivity index (χ2n) is 5.59. The first-order chi connectivity index (χ1) is 10.1. The van der Waals surface area contributed by atoms with Crippen LogP contribution < -0.4 is 5.43 Å². The summed E-state index contributed by atoms with van der Waals surface area (Å²) in [7, 11) is 0. The second kappa shape index (κ2) is 5.77. The molecule has 3 heterocycles. The lowest BCUT2D eigenvalue weighted by atomic mass is 10.2. The number of aryl methyl sites for hydroxylation is 1. The summed E-state index contributed by atoms with van der Waals surface area (Å²) in [4.78, 5) is 14.2. The van der Waals surface area contributed by atoms with Crippen LogP contribution >= 0.6 is 0 Å². The first kappa shape index (κ1) is 13.9. The Labute approximate surface area is 123 Å². The minimum atomic E-state index is -0.308. The number of rotatable bonds is 4. The van der Waals surface area contributed by atoms with Crippen LogP contribution in [0.3, 0.4) is 0 Å². The molecule has 1 aliphatic rings. The topological polar surface area (TPSA) is 58.6 Å². The van der Waals surface area contributed by atoms with Gasteiger partial charge in [-0.2, -0.15) is 0 Å². The van der Waals surface area contributed by atoms with Crippen molar-refractivity contribution in [3.63, 3.8) is 0 Å². The summed E-state index contributed by atoms with van der Waals surface area (Å²) in [5, 5.41) is 10.2. The fourth-order valence-corrected chi connectivity index (χ4v) is 2.91. The number of nitrogens with zero attached hydrogens (tertiary/aromatic N) is 2. The molecule has 0 amide bonds. The highest BCUT2D eigenvalue weighted by atomic mass is 16.3. The Balaban J connectivity index is 1.99. The number of furan rings is 1. The molecule has 1 fully saturated rings. The molecule has 21 heavy (non-hydrogen) atoms. The lowest BCUT2D eigenvalue weighted by molar-refractivity contribution is 0.308. The van der Waals surface area contributed by atoms with E-state index >= 15 is 0 Å². The molecule has 0 aromatic carbocycles. The normalized spacial score (nSPS) is 15.7. The first-order valence-electron chi connectivity index (χ1n) is 7.32. The van der Waals surface area contributed by atoms with Crippen LogP contribution in [0.5, 0.6) is 5.75 Å². The van der Waals surface area contributed by atoms with Gasteiger partial charge in [-0.1, -0.05) is 0 Å². The molecule has 0 atom stereocenters. The van der Waals surface area contributed by atoms with Crippen molar-refractivity contribution in [3.8, 4) is 5.75 Å². The lowest BCUT2D eigenvalue weighted by Crippen LogP contribution is -2.25. The minimum absolute atomic E-state index is 0.140.